The number of hydrogen-bond donors (Lipinski definition) is 0. The molecule has 5 nitrogen and oxygen atoms in total. The van der Waals surface area contributed by atoms with Crippen LogP contribution in [0.5, 0.6) is 0 Å². The first-order valence-electron chi connectivity index (χ1n) is 19.4. The summed E-state index contributed by atoms with van der Waals surface area (Å²) in [5.74, 6) is -4.54. The van der Waals surface area contributed by atoms with Gasteiger partial charge < -0.3 is 9.40 Å². The highest BCUT2D eigenvalue weighted by Gasteiger charge is 2.40. The molecule has 0 N–H and O–H groups in total. The molecule has 5 aromatic carbocycles. The van der Waals surface area contributed by atoms with Crippen molar-refractivity contribution in [3.8, 4) is 0 Å². The molecule has 0 saturated carbocycles. The number of fused-ring (bicyclic) bond motifs is 5. The number of aryl methyl sites for hydroxylation is 4. The highest BCUT2D eigenvalue weighted by molar-refractivity contribution is 6.27. The predicted molar refractivity (Wildman–Crippen MR) is 217 cm³/mol. The average molecular weight is 765 g/mol. The van der Waals surface area contributed by atoms with Crippen molar-refractivity contribution in [3.05, 3.63) is 129 Å². The van der Waals surface area contributed by atoms with Crippen LogP contribution in [0.4, 0.5) is 17.6 Å². The van der Waals surface area contributed by atoms with Crippen molar-refractivity contribution in [1.82, 2.24) is 4.57 Å². The van der Waals surface area contributed by atoms with Crippen molar-refractivity contribution in [2.24, 2.45) is 11.1 Å². The van der Waals surface area contributed by atoms with Crippen LogP contribution in [0.1, 0.15) is 102 Å². The normalized spacial score (nSPS) is 12.9. The van der Waals surface area contributed by atoms with E-state index < -0.39 is 24.7 Å². The summed E-state index contributed by atoms with van der Waals surface area (Å²) in [5, 5.41) is 7.70. The SMILES string of the molecule is CCCCC(CC)Cn1c2ccc(/C(=N\OC(C)=O)c3ccccc3CCC(F)(F)C(F)F)cc2c2cc(C(=O)c3c(C)cc(C)cc3C)c3ccccc3c21. The van der Waals surface area contributed by atoms with Gasteiger partial charge in [-0.05, 0) is 79.8 Å². The molecule has 0 bridgehead atoms. The van der Waals surface area contributed by atoms with Crippen LogP contribution in [0.3, 0.4) is 0 Å². The molecule has 0 aliphatic heterocycles. The Hall–Kier alpha value is -5.31. The molecule has 0 aliphatic rings. The van der Waals surface area contributed by atoms with Crippen LogP contribution in [-0.2, 0) is 22.6 Å². The molecule has 0 spiro atoms. The molecule has 1 heterocycles. The third kappa shape index (κ3) is 8.13. The Labute approximate surface area is 325 Å². The number of benzene rings is 5. The van der Waals surface area contributed by atoms with E-state index in [9.17, 15) is 27.2 Å². The average Bonchev–Trinajstić information content (AvgIpc) is 3.47. The highest BCUT2D eigenvalue weighted by Crippen LogP contribution is 2.40. The molecule has 1 atom stereocenters. The largest absolute Gasteiger partial charge is 0.340 e. The smallest absolute Gasteiger partial charge is 0.332 e. The van der Waals surface area contributed by atoms with Gasteiger partial charge in [0.2, 0.25) is 0 Å². The van der Waals surface area contributed by atoms with E-state index >= 15 is 0 Å². The Morgan fingerprint density at radius 3 is 2.16 bits per heavy atom. The number of ketones is 1. The van der Waals surface area contributed by atoms with Crippen LogP contribution in [0.2, 0.25) is 0 Å². The van der Waals surface area contributed by atoms with Gasteiger partial charge in [0.15, 0.2) is 5.78 Å². The summed E-state index contributed by atoms with van der Waals surface area (Å²) >= 11 is 0. The maximum Gasteiger partial charge on any atom is 0.332 e. The maximum absolute atomic E-state index is 14.7. The molecule has 0 aliphatic carbocycles. The summed E-state index contributed by atoms with van der Waals surface area (Å²) in [4.78, 5) is 32.0. The van der Waals surface area contributed by atoms with Crippen LogP contribution in [0.25, 0.3) is 32.6 Å². The van der Waals surface area contributed by atoms with E-state index in [0.29, 0.717) is 33.7 Å². The number of carbonyl (C=O) groups is 2. The Morgan fingerprint density at radius 2 is 1.50 bits per heavy atom. The van der Waals surface area contributed by atoms with Gasteiger partial charge in [0.05, 0.1) is 5.52 Å². The minimum absolute atomic E-state index is 0.0730. The van der Waals surface area contributed by atoms with Crippen LogP contribution in [-0.4, -0.2) is 34.4 Å². The minimum atomic E-state index is -4.18. The molecule has 0 saturated heterocycles. The molecule has 6 aromatic rings. The van der Waals surface area contributed by atoms with Gasteiger partial charge in [0.25, 0.3) is 0 Å². The number of nitrogens with zero attached hydrogens (tertiary/aromatic N) is 2. The number of alkyl halides is 4. The first-order chi connectivity index (χ1) is 26.7. The molecular formula is C47H48F4N2O3. The quantitative estimate of drug-likeness (QED) is 0.0344. The third-order valence-electron chi connectivity index (χ3n) is 10.9. The molecular weight excluding hydrogens is 717 g/mol. The zero-order chi connectivity index (χ0) is 40.3. The van der Waals surface area contributed by atoms with Gasteiger partial charge in [-0.25, -0.2) is 22.4 Å². The van der Waals surface area contributed by atoms with Crippen LogP contribution in [0.15, 0.2) is 90.1 Å². The number of halogens is 4. The summed E-state index contributed by atoms with van der Waals surface area (Å²) in [6.07, 6.45) is -0.995. The van der Waals surface area contributed by atoms with Crippen LogP contribution >= 0.6 is 0 Å². The molecule has 56 heavy (non-hydrogen) atoms. The number of aromatic nitrogens is 1. The molecule has 9 heteroatoms. The number of rotatable bonds is 15. The molecule has 292 valence electrons. The van der Waals surface area contributed by atoms with Gasteiger partial charge in [0, 0.05) is 63.8 Å². The molecule has 1 unspecified atom stereocenters. The van der Waals surface area contributed by atoms with Crippen LogP contribution < -0.4 is 0 Å². The first kappa shape index (κ1) is 40.4. The van der Waals surface area contributed by atoms with Gasteiger partial charge in [-0.15, -0.1) is 0 Å². The number of hydrogen-bond acceptors (Lipinski definition) is 4. The van der Waals surface area contributed by atoms with Crippen molar-refractivity contribution in [1.29, 1.82) is 0 Å². The lowest BCUT2D eigenvalue weighted by Crippen LogP contribution is -2.27. The third-order valence-corrected chi connectivity index (χ3v) is 10.9. The highest BCUT2D eigenvalue weighted by atomic mass is 19.3. The molecule has 1 aromatic heterocycles. The van der Waals surface area contributed by atoms with E-state index in [1.54, 1.807) is 24.3 Å². The maximum atomic E-state index is 14.7. The molecule has 0 amide bonds. The minimum Gasteiger partial charge on any atom is -0.340 e. The van der Waals surface area contributed by atoms with E-state index in [1.807, 2.05) is 75.4 Å². The van der Waals surface area contributed by atoms with E-state index in [4.69, 9.17) is 4.84 Å². The van der Waals surface area contributed by atoms with Gasteiger partial charge in [-0.1, -0.05) is 111 Å². The summed E-state index contributed by atoms with van der Waals surface area (Å²) < 4.78 is 57.0. The van der Waals surface area contributed by atoms with Crippen molar-refractivity contribution in [2.45, 2.75) is 99.0 Å². The Morgan fingerprint density at radius 1 is 0.821 bits per heavy atom. The lowest BCUT2D eigenvalue weighted by atomic mass is 9.89. The standard InChI is InChI=1S/C47H48F4N2O3/c1-7-9-14-32(8-2)27-53-41-20-19-34(43(52-56-31(6)54)35-16-11-10-15-33(35)21-22-47(50,51)46(48)49)25-38(41)39-26-40(36-17-12-13-18-37(36)44(39)53)45(55)42-29(4)23-28(3)24-30(42)5/h10-13,15-20,23-26,32,46H,7-9,14,21-22,27H2,1-6H3/b52-43+. The van der Waals surface area contributed by atoms with E-state index in [2.05, 4.69) is 29.6 Å². The van der Waals surface area contributed by atoms with E-state index in [0.717, 1.165) is 81.5 Å². The zero-order valence-corrected chi connectivity index (χ0v) is 32.8. The molecule has 6 rings (SSSR count). The predicted octanol–water partition coefficient (Wildman–Crippen LogP) is 12.5. The van der Waals surface area contributed by atoms with Crippen molar-refractivity contribution in [2.75, 3.05) is 0 Å². The second kappa shape index (κ2) is 16.8. The fraction of sp³-hybridized carbons (Fsp3) is 0.340. The number of oxime groups is 1. The Bertz CT molecular complexity index is 2440. The van der Waals surface area contributed by atoms with Gasteiger partial charge in [-0.3, -0.25) is 4.79 Å². The number of unbranched alkanes of at least 4 members (excludes halogenated alkanes) is 1. The number of carbonyl (C=O) groups excluding carboxylic acids is 2. The second-order valence-electron chi connectivity index (χ2n) is 15.0. The van der Waals surface area contributed by atoms with E-state index in [-0.39, 0.29) is 17.9 Å². The zero-order valence-electron chi connectivity index (χ0n) is 32.8. The van der Waals surface area contributed by atoms with Gasteiger partial charge in [-0.2, -0.15) is 0 Å². The second-order valence-corrected chi connectivity index (χ2v) is 15.0. The lowest BCUT2D eigenvalue weighted by Gasteiger charge is -2.19. The van der Waals surface area contributed by atoms with Crippen molar-refractivity contribution < 1.29 is 32.0 Å². The Balaban J connectivity index is 1.63. The summed E-state index contributed by atoms with van der Waals surface area (Å²) in [6, 6.07) is 26.4. The topological polar surface area (TPSA) is 60.7 Å². The summed E-state index contributed by atoms with van der Waals surface area (Å²) in [7, 11) is 0. The Kier molecular flexibility index (Phi) is 12.1. The van der Waals surface area contributed by atoms with E-state index in [1.165, 1.54) is 6.92 Å². The summed E-state index contributed by atoms with van der Waals surface area (Å²) in [5.41, 5.74) is 7.49. The lowest BCUT2D eigenvalue weighted by molar-refractivity contribution is -0.140. The fourth-order valence-electron chi connectivity index (χ4n) is 8.08. The van der Waals surface area contributed by atoms with Crippen LogP contribution in [0, 0.1) is 26.7 Å². The first-order valence-corrected chi connectivity index (χ1v) is 19.4. The fourth-order valence-corrected chi connectivity index (χ4v) is 8.08. The summed E-state index contributed by atoms with van der Waals surface area (Å²) in [6.45, 7) is 12.3. The molecule has 0 radical (unpaired) electrons. The van der Waals surface area contributed by atoms with Crippen molar-refractivity contribution in [3.63, 3.8) is 0 Å². The van der Waals surface area contributed by atoms with Crippen molar-refractivity contribution >= 4 is 50.0 Å². The van der Waals surface area contributed by atoms with Gasteiger partial charge >= 0.3 is 18.3 Å². The monoisotopic (exact) mass is 764 g/mol. The molecule has 0 fully saturated rings. The van der Waals surface area contributed by atoms with Gasteiger partial charge in [0.1, 0.15) is 5.71 Å².